The maximum absolute atomic E-state index is 6.21. The third kappa shape index (κ3) is 3.63. The van der Waals surface area contributed by atoms with Crippen LogP contribution in [-0.2, 0) is 6.42 Å². The summed E-state index contributed by atoms with van der Waals surface area (Å²) in [5, 5.41) is 3.61. The molecule has 2 heterocycles. The lowest BCUT2D eigenvalue weighted by Crippen LogP contribution is -2.47. The minimum atomic E-state index is 0.168. The van der Waals surface area contributed by atoms with Crippen LogP contribution in [0.5, 0.6) is 5.75 Å². The average molecular weight is 303 g/mol. The Morgan fingerprint density at radius 2 is 2.19 bits per heavy atom. The molecular weight excluding hydrogens is 282 g/mol. The Labute approximate surface area is 130 Å². The van der Waals surface area contributed by atoms with Crippen LogP contribution in [0.25, 0.3) is 0 Å². The summed E-state index contributed by atoms with van der Waals surface area (Å²) in [4.78, 5) is 1.24. The zero-order chi connectivity index (χ0) is 14.5. The third-order valence-electron chi connectivity index (χ3n) is 3.64. The van der Waals surface area contributed by atoms with E-state index in [0.29, 0.717) is 0 Å². The van der Waals surface area contributed by atoms with Crippen molar-refractivity contribution in [2.75, 3.05) is 12.3 Å². The molecule has 1 aliphatic heterocycles. The third-order valence-corrected chi connectivity index (χ3v) is 4.78. The summed E-state index contributed by atoms with van der Waals surface area (Å²) in [5.74, 6) is 2.98. The van der Waals surface area contributed by atoms with E-state index in [1.165, 1.54) is 4.90 Å². The van der Waals surface area contributed by atoms with Gasteiger partial charge in [-0.3, -0.25) is 0 Å². The van der Waals surface area contributed by atoms with Gasteiger partial charge in [0.2, 0.25) is 0 Å². The fourth-order valence-electron chi connectivity index (χ4n) is 2.54. The molecule has 1 N–H and O–H groups in total. The van der Waals surface area contributed by atoms with Crippen LogP contribution < -0.4 is 10.1 Å². The second-order valence-electron chi connectivity index (χ2n) is 5.26. The monoisotopic (exact) mass is 303 g/mol. The molecule has 1 aromatic heterocycles. The van der Waals surface area contributed by atoms with Crippen LogP contribution in [0.4, 0.5) is 0 Å². The van der Waals surface area contributed by atoms with Crippen molar-refractivity contribution in [2.24, 2.45) is 0 Å². The lowest BCUT2D eigenvalue weighted by Gasteiger charge is -2.32. The van der Waals surface area contributed by atoms with E-state index in [1.54, 1.807) is 6.26 Å². The normalized spacial score (nSPS) is 18.8. The van der Waals surface area contributed by atoms with Gasteiger partial charge < -0.3 is 14.5 Å². The van der Waals surface area contributed by atoms with Crippen molar-refractivity contribution in [1.82, 2.24) is 5.32 Å². The van der Waals surface area contributed by atoms with Crippen LogP contribution in [-0.4, -0.2) is 24.4 Å². The van der Waals surface area contributed by atoms with Crippen LogP contribution in [0.15, 0.2) is 52.0 Å². The number of rotatable bonds is 6. The zero-order valence-corrected chi connectivity index (χ0v) is 13.1. The van der Waals surface area contributed by atoms with Gasteiger partial charge in [0.25, 0.3) is 0 Å². The molecule has 0 saturated carbocycles. The Bertz CT molecular complexity index is 556. The van der Waals surface area contributed by atoms with Crippen molar-refractivity contribution >= 4 is 11.8 Å². The smallest absolute Gasteiger partial charge is 0.133 e. The van der Waals surface area contributed by atoms with Crippen molar-refractivity contribution < 1.29 is 9.15 Å². The second kappa shape index (κ2) is 7.05. The number of benzene rings is 1. The number of thioether (sulfide) groups is 1. The molecule has 0 radical (unpaired) electrons. The number of ether oxygens (including phenoxy) is 1. The summed E-state index contributed by atoms with van der Waals surface area (Å²) < 4.78 is 11.7. The molecule has 2 unspecified atom stereocenters. The fraction of sp³-hybridized carbons (Fsp3) is 0.412. The van der Waals surface area contributed by atoms with E-state index in [2.05, 4.69) is 30.4 Å². The summed E-state index contributed by atoms with van der Waals surface area (Å²) in [6.07, 6.45) is 3.88. The van der Waals surface area contributed by atoms with Gasteiger partial charge in [0.1, 0.15) is 17.6 Å². The van der Waals surface area contributed by atoms with E-state index in [-0.39, 0.29) is 12.1 Å². The molecule has 0 spiro atoms. The first kappa shape index (κ1) is 14.5. The predicted molar refractivity (Wildman–Crippen MR) is 86.1 cm³/mol. The van der Waals surface area contributed by atoms with Gasteiger partial charge in [-0.15, -0.1) is 11.8 Å². The molecule has 2 aromatic rings. The summed E-state index contributed by atoms with van der Waals surface area (Å²) in [6, 6.07) is 12.5. The van der Waals surface area contributed by atoms with Crippen LogP contribution in [0.2, 0.25) is 0 Å². The van der Waals surface area contributed by atoms with Gasteiger partial charge in [0.05, 0.1) is 12.3 Å². The minimum absolute atomic E-state index is 0.168. The van der Waals surface area contributed by atoms with Crippen molar-refractivity contribution in [3.05, 3.63) is 48.4 Å². The highest BCUT2D eigenvalue weighted by molar-refractivity contribution is 7.99. The van der Waals surface area contributed by atoms with Crippen molar-refractivity contribution in [2.45, 2.75) is 36.8 Å². The van der Waals surface area contributed by atoms with E-state index in [4.69, 9.17) is 9.15 Å². The SMILES string of the molecule is CCCNC(Cc1ccco1)C1CSc2ccccc2O1. The topological polar surface area (TPSA) is 34.4 Å². The van der Waals surface area contributed by atoms with Gasteiger partial charge in [-0.25, -0.2) is 0 Å². The standard InChI is InChI=1S/C17H21NO2S/c1-2-9-18-14(11-13-6-5-10-19-13)16-12-21-17-8-4-3-7-15(17)20-16/h3-8,10,14,16,18H,2,9,11-12H2,1H3. The van der Waals surface area contributed by atoms with Crippen LogP contribution in [0.3, 0.4) is 0 Å². The van der Waals surface area contributed by atoms with Crippen molar-refractivity contribution in [3.63, 3.8) is 0 Å². The maximum atomic E-state index is 6.21. The van der Waals surface area contributed by atoms with E-state index >= 15 is 0 Å². The van der Waals surface area contributed by atoms with Crippen LogP contribution in [0, 0.1) is 0 Å². The molecule has 112 valence electrons. The van der Waals surface area contributed by atoms with Crippen molar-refractivity contribution in [1.29, 1.82) is 0 Å². The molecule has 0 bridgehead atoms. The van der Waals surface area contributed by atoms with Gasteiger partial charge in [-0.1, -0.05) is 19.1 Å². The Hall–Kier alpha value is -1.39. The molecular formula is C17H21NO2S. The van der Waals surface area contributed by atoms with E-state index < -0.39 is 0 Å². The Morgan fingerprint density at radius 3 is 3.00 bits per heavy atom. The first-order valence-corrected chi connectivity index (χ1v) is 8.49. The number of fused-ring (bicyclic) bond motifs is 1. The fourth-order valence-corrected chi connectivity index (χ4v) is 3.62. The highest BCUT2D eigenvalue weighted by Crippen LogP contribution is 2.36. The average Bonchev–Trinajstić information content (AvgIpc) is 3.04. The molecule has 1 aromatic carbocycles. The molecule has 4 heteroatoms. The number of para-hydroxylation sites is 1. The molecule has 0 fully saturated rings. The molecule has 0 saturated heterocycles. The summed E-state index contributed by atoms with van der Waals surface area (Å²) in [7, 11) is 0. The number of furan rings is 1. The molecule has 2 atom stereocenters. The van der Waals surface area contributed by atoms with Crippen LogP contribution in [0.1, 0.15) is 19.1 Å². The number of hydrogen-bond donors (Lipinski definition) is 1. The van der Waals surface area contributed by atoms with Crippen LogP contribution >= 0.6 is 11.8 Å². The van der Waals surface area contributed by atoms with Gasteiger partial charge in [0.15, 0.2) is 0 Å². The Kier molecular flexibility index (Phi) is 4.88. The first-order chi connectivity index (χ1) is 10.4. The lowest BCUT2D eigenvalue weighted by atomic mass is 10.1. The molecule has 21 heavy (non-hydrogen) atoms. The molecule has 3 nitrogen and oxygen atoms in total. The van der Waals surface area contributed by atoms with Gasteiger partial charge in [-0.05, 0) is 37.2 Å². The van der Waals surface area contributed by atoms with Gasteiger partial charge in [0, 0.05) is 17.1 Å². The maximum Gasteiger partial charge on any atom is 0.133 e. The molecule has 1 aliphatic rings. The predicted octanol–water partition coefficient (Wildman–Crippen LogP) is 3.74. The van der Waals surface area contributed by atoms with Gasteiger partial charge >= 0.3 is 0 Å². The first-order valence-electron chi connectivity index (χ1n) is 7.51. The lowest BCUT2D eigenvalue weighted by molar-refractivity contribution is 0.162. The summed E-state index contributed by atoms with van der Waals surface area (Å²) in [6.45, 7) is 3.18. The Morgan fingerprint density at radius 1 is 1.29 bits per heavy atom. The van der Waals surface area contributed by atoms with E-state index in [0.717, 1.165) is 36.6 Å². The van der Waals surface area contributed by atoms with E-state index in [1.807, 2.05) is 30.0 Å². The van der Waals surface area contributed by atoms with E-state index in [9.17, 15) is 0 Å². The van der Waals surface area contributed by atoms with Crippen molar-refractivity contribution in [3.8, 4) is 5.75 Å². The quantitative estimate of drug-likeness (QED) is 0.881. The number of nitrogens with one attached hydrogen (secondary N) is 1. The zero-order valence-electron chi connectivity index (χ0n) is 12.2. The second-order valence-corrected chi connectivity index (χ2v) is 6.32. The minimum Gasteiger partial charge on any atom is -0.487 e. The highest BCUT2D eigenvalue weighted by atomic mass is 32.2. The number of hydrogen-bond acceptors (Lipinski definition) is 4. The van der Waals surface area contributed by atoms with Gasteiger partial charge in [-0.2, -0.15) is 0 Å². The Balaban J connectivity index is 1.71. The molecule has 0 aliphatic carbocycles. The summed E-state index contributed by atoms with van der Waals surface area (Å²) >= 11 is 1.88. The molecule has 3 rings (SSSR count). The highest BCUT2D eigenvalue weighted by Gasteiger charge is 2.28. The molecule has 0 amide bonds. The summed E-state index contributed by atoms with van der Waals surface area (Å²) in [5.41, 5.74) is 0. The largest absolute Gasteiger partial charge is 0.487 e.